The van der Waals surface area contributed by atoms with Gasteiger partial charge in [-0.25, -0.2) is 4.98 Å². The molecule has 1 aromatic carbocycles. The highest BCUT2D eigenvalue weighted by atomic mass is 15.0. The van der Waals surface area contributed by atoms with Gasteiger partial charge in [-0.1, -0.05) is 36.9 Å². The molecule has 1 fully saturated rings. The summed E-state index contributed by atoms with van der Waals surface area (Å²) in [4.78, 5) is 11.8. The first-order chi connectivity index (χ1) is 16.0. The van der Waals surface area contributed by atoms with E-state index in [1.54, 1.807) is 0 Å². The van der Waals surface area contributed by atoms with Gasteiger partial charge < -0.3 is 15.5 Å². The molecule has 1 aliphatic heterocycles. The molecule has 2 aromatic rings. The molecule has 33 heavy (non-hydrogen) atoms. The summed E-state index contributed by atoms with van der Waals surface area (Å²) in [5.41, 5.74) is 6.22. The molecule has 0 bridgehead atoms. The molecule has 1 saturated heterocycles. The van der Waals surface area contributed by atoms with Gasteiger partial charge in [0.1, 0.15) is 5.82 Å². The van der Waals surface area contributed by atoms with Gasteiger partial charge in [0.15, 0.2) is 0 Å². The maximum atomic E-state index is 5.07. The van der Waals surface area contributed by atoms with Crippen LogP contribution in [0.4, 0.5) is 5.82 Å². The molecule has 3 rings (SSSR count). The van der Waals surface area contributed by atoms with Crippen molar-refractivity contribution in [1.82, 2.24) is 15.2 Å². The minimum atomic E-state index is 0. The fourth-order valence-corrected chi connectivity index (χ4v) is 4.03. The smallest absolute Gasteiger partial charge is 0.136 e. The van der Waals surface area contributed by atoms with E-state index in [1.807, 2.05) is 38.1 Å². The lowest BCUT2D eigenvalue weighted by atomic mass is 10.0. The lowest BCUT2D eigenvalue weighted by molar-refractivity contribution is 0.566. The normalized spacial score (nSPS) is 16.9. The molecule has 2 heterocycles. The number of rotatable bonds is 10. The number of nitrogens with one attached hydrogen (secondary N) is 2. The van der Waals surface area contributed by atoms with Crippen LogP contribution in [0.2, 0.25) is 0 Å². The Hall–Kier alpha value is -3.18. The maximum absolute atomic E-state index is 5.07. The van der Waals surface area contributed by atoms with Crippen LogP contribution in [0.25, 0.3) is 16.8 Å². The minimum absolute atomic E-state index is 0. The summed E-state index contributed by atoms with van der Waals surface area (Å²) < 4.78 is 0. The number of pyridine rings is 1. The molecular formula is C28H41N5. The van der Waals surface area contributed by atoms with Gasteiger partial charge >= 0.3 is 0 Å². The molecule has 178 valence electrons. The number of aliphatic imine (C=N–C) groups is 1. The molecule has 0 radical (unpaired) electrons. The summed E-state index contributed by atoms with van der Waals surface area (Å²) in [6, 6.07) is 12.7. The van der Waals surface area contributed by atoms with Crippen molar-refractivity contribution in [2.75, 3.05) is 45.6 Å². The molecule has 0 spiro atoms. The van der Waals surface area contributed by atoms with Crippen LogP contribution >= 0.6 is 0 Å². The first kappa shape index (κ1) is 24.5. The van der Waals surface area contributed by atoms with Crippen molar-refractivity contribution < 1.29 is 2.85 Å². The summed E-state index contributed by atoms with van der Waals surface area (Å²) in [6.45, 7) is 11.9. The van der Waals surface area contributed by atoms with E-state index in [0.29, 0.717) is 5.92 Å². The highest BCUT2D eigenvalue weighted by molar-refractivity contribution is 6.11. The van der Waals surface area contributed by atoms with Crippen LogP contribution in [0.1, 0.15) is 34.2 Å². The quantitative estimate of drug-likeness (QED) is 0.360. The average Bonchev–Trinajstić information content (AvgIpc) is 3.34. The Morgan fingerprint density at radius 1 is 1.33 bits per heavy atom. The average molecular weight is 448 g/mol. The predicted octanol–water partition coefficient (Wildman–Crippen LogP) is 5.74. The van der Waals surface area contributed by atoms with Crippen molar-refractivity contribution >= 4 is 17.1 Å². The Morgan fingerprint density at radius 2 is 2.18 bits per heavy atom. The van der Waals surface area contributed by atoms with E-state index >= 15 is 0 Å². The monoisotopic (exact) mass is 447 g/mol. The van der Waals surface area contributed by atoms with Crippen LogP contribution < -0.4 is 10.6 Å². The highest BCUT2D eigenvalue weighted by Crippen LogP contribution is 2.27. The third-order valence-electron chi connectivity index (χ3n) is 5.65. The summed E-state index contributed by atoms with van der Waals surface area (Å²) in [5.74, 6) is 1.51. The van der Waals surface area contributed by atoms with Gasteiger partial charge in [-0.2, -0.15) is 0 Å². The Balaban J connectivity index is 0.00000306. The van der Waals surface area contributed by atoms with Gasteiger partial charge in [-0.3, -0.25) is 4.99 Å². The standard InChI is InChI=1S/C28H37N5.2H2/c1-6-10-27(30-8-3)25-13-14-26(32-28(25)31-19-21-15-16-29-18-21)24-12-9-11-23(17-24)22(7-2)20-33(4)5;;/h6-7,9-14,17,20-21,29H,2,8,15-16,18-19H2,1,3-5H3,(H,31,32);2*1H/b10-6-,22-20+,30-27?;;. The van der Waals surface area contributed by atoms with E-state index in [-0.39, 0.29) is 2.85 Å². The molecule has 1 aromatic heterocycles. The minimum Gasteiger partial charge on any atom is -0.383 e. The van der Waals surface area contributed by atoms with Gasteiger partial charge in [0, 0.05) is 47.4 Å². The molecule has 2 N–H and O–H groups in total. The predicted molar refractivity (Wildman–Crippen MR) is 147 cm³/mol. The van der Waals surface area contributed by atoms with Crippen molar-refractivity contribution in [1.29, 1.82) is 0 Å². The van der Waals surface area contributed by atoms with E-state index < -0.39 is 0 Å². The number of benzene rings is 1. The molecule has 0 aliphatic carbocycles. The van der Waals surface area contributed by atoms with Crippen molar-refractivity contribution in [3.05, 3.63) is 78.5 Å². The molecule has 1 aliphatic rings. The molecule has 5 heteroatoms. The van der Waals surface area contributed by atoms with E-state index in [2.05, 4.69) is 72.8 Å². The van der Waals surface area contributed by atoms with Gasteiger partial charge in [0.25, 0.3) is 0 Å². The maximum Gasteiger partial charge on any atom is 0.136 e. The van der Waals surface area contributed by atoms with E-state index in [0.717, 1.165) is 65.7 Å². The highest BCUT2D eigenvalue weighted by Gasteiger charge is 2.17. The SMILES string of the molecule is C=C/C(=C\N(C)C)c1cccc(-c2ccc(C(/C=C\C)=NCC)c(NCC3CCNC3)n2)c1.[HH].[HH]. The van der Waals surface area contributed by atoms with Crippen LogP contribution in [-0.2, 0) is 0 Å². The van der Waals surface area contributed by atoms with E-state index in [4.69, 9.17) is 9.98 Å². The number of allylic oxidation sites excluding steroid dienone is 4. The molecule has 5 nitrogen and oxygen atoms in total. The summed E-state index contributed by atoms with van der Waals surface area (Å²) in [6.07, 6.45) is 9.26. The Kier molecular flexibility index (Phi) is 9.02. The number of aromatic nitrogens is 1. The number of nitrogens with zero attached hydrogens (tertiary/aromatic N) is 3. The van der Waals surface area contributed by atoms with E-state index in [9.17, 15) is 0 Å². The first-order valence-electron chi connectivity index (χ1n) is 11.8. The third kappa shape index (κ3) is 6.65. The molecule has 1 atom stereocenters. The molecule has 1 unspecified atom stereocenters. The van der Waals surface area contributed by atoms with Gasteiger partial charge in [-0.15, -0.1) is 0 Å². The second kappa shape index (κ2) is 12.2. The molecule has 0 amide bonds. The first-order valence-corrected chi connectivity index (χ1v) is 11.8. The zero-order chi connectivity index (χ0) is 23.6. The second-order valence-electron chi connectivity index (χ2n) is 8.52. The fourth-order valence-electron chi connectivity index (χ4n) is 4.03. The summed E-state index contributed by atoms with van der Waals surface area (Å²) in [5, 5.41) is 7.08. The van der Waals surface area contributed by atoms with Crippen LogP contribution in [0.3, 0.4) is 0 Å². The Bertz CT molecular complexity index is 1040. The van der Waals surface area contributed by atoms with Crippen LogP contribution in [0.5, 0.6) is 0 Å². The second-order valence-corrected chi connectivity index (χ2v) is 8.52. The van der Waals surface area contributed by atoms with E-state index in [1.165, 1.54) is 6.42 Å². The number of hydrogen-bond donors (Lipinski definition) is 2. The topological polar surface area (TPSA) is 52.5 Å². The van der Waals surface area contributed by atoms with Crippen molar-refractivity contribution in [3.63, 3.8) is 0 Å². The third-order valence-corrected chi connectivity index (χ3v) is 5.65. The Morgan fingerprint density at radius 3 is 2.85 bits per heavy atom. The van der Waals surface area contributed by atoms with Gasteiger partial charge in [0.2, 0.25) is 0 Å². The number of anilines is 1. The zero-order valence-electron chi connectivity index (χ0n) is 20.4. The number of hydrogen-bond acceptors (Lipinski definition) is 5. The van der Waals surface area contributed by atoms with Crippen LogP contribution in [0.15, 0.2) is 72.4 Å². The fraction of sp³-hybridized carbons (Fsp3) is 0.357. The van der Waals surface area contributed by atoms with Crippen molar-refractivity contribution in [2.45, 2.75) is 20.3 Å². The van der Waals surface area contributed by atoms with Gasteiger partial charge in [0.05, 0.1) is 11.4 Å². The summed E-state index contributed by atoms with van der Waals surface area (Å²) in [7, 11) is 4.04. The molecule has 0 saturated carbocycles. The van der Waals surface area contributed by atoms with Crippen molar-refractivity contribution in [3.8, 4) is 11.3 Å². The largest absolute Gasteiger partial charge is 0.383 e. The van der Waals surface area contributed by atoms with Crippen molar-refractivity contribution in [2.24, 2.45) is 10.9 Å². The molecular weight excluding hydrogens is 406 g/mol. The Labute approximate surface area is 202 Å². The van der Waals surface area contributed by atoms with Crippen LogP contribution in [0, 0.1) is 5.92 Å². The zero-order valence-corrected chi connectivity index (χ0v) is 20.4. The lowest BCUT2D eigenvalue weighted by Gasteiger charge is -2.16. The summed E-state index contributed by atoms with van der Waals surface area (Å²) >= 11 is 0. The van der Waals surface area contributed by atoms with Crippen LogP contribution in [-0.4, -0.2) is 55.9 Å². The lowest BCUT2D eigenvalue weighted by Crippen LogP contribution is -2.19. The van der Waals surface area contributed by atoms with Gasteiger partial charge in [-0.05, 0) is 74.7 Å².